The largest absolute Gasteiger partial charge is 0.493 e. The molecule has 6 rings (SSSR count). The van der Waals surface area contributed by atoms with Gasteiger partial charge in [-0.15, -0.1) is 0 Å². The fraction of sp³-hybridized carbons (Fsp3) is 0.207. The third-order valence-corrected chi connectivity index (χ3v) is 9.30. The van der Waals surface area contributed by atoms with Crippen molar-refractivity contribution in [2.24, 2.45) is 5.92 Å². The summed E-state index contributed by atoms with van der Waals surface area (Å²) in [5.41, 5.74) is 3.41. The standard InChI is InChI=1S/C29H24N2O5S2/c1-16-8-11-19(12-9-16)31-27(32)23-22(24-26(30-29(34)38-24)37-25(23)28(31)33)18-10-13-20(21(14-18)35-2)36-15-17-6-4-3-5-7-17/h3-14,22-23,25H,15H2,1-2H3,(H,30,34). The molecule has 3 unspecified atom stereocenters. The van der Waals surface area contributed by atoms with Crippen LogP contribution < -0.4 is 19.2 Å². The van der Waals surface area contributed by atoms with Gasteiger partial charge in [-0.2, -0.15) is 0 Å². The summed E-state index contributed by atoms with van der Waals surface area (Å²) in [5.74, 6) is -0.593. The molecule has 0 aliphatic carbocycles. The van der Waals surface area contributed by atoms with Crippen molar-refractivity contribution < 1.29 is 19.1 Å². The lowest BCUT2D eigenvalue weighted by atomic mass is 9.83. The van der Waals surface area contributed by atoms with Gasteiger partial charge in [0.05, 0.1) is 23.7 Å². The lowest BCUT2D eigenvalue weighted by Gasteiger charge is -2.30. The van der Waals surface area contributed by atoms with E-state index in [4.69, 9.17) is 9.47 Å². The number of aryl methyl sites for hydroxylation is 1. The maximum Gasteiger partial charge on any atom is 0.305 e. The van der Waals surface area contributed by atoms with E-state index in [2.05, 4.69) is 4.98 Å². The van der Waals surface area contributed by atoms with Crippen molar-refractivity contribution in [2.45, 2.75) is 29.7 Å². The Morgan fingerprint density at radius 2 is 1.68 bits per heavy atom. The van der Waals surface area contributed by atoms with Crippen molar-refractivity contribution in [2.75, 3.05) is 12.0 Å². The highest BCUT2D eigenvalue weighted by molar-refractivity contribution is 8.00. The number of H-pyrrole nitrogens is 1. The topological polar surface area (TPSA) is 88.7 Å². The van der Waals surface area contributed by atoms with Crippen LogP contribution in [0.25, 0.3) is 0 Å². The lowest BCUT2D eigenvalue weighted by molar-refractivity contribution is -0.122. The maximum atomic E-state index is 13.9. The number of nitrogens with zero attached hydrogens (tertiary/aromatic N) is 1. The van der Waals surface area contributed by atoms with Crippen molar-refractivity contribution in [1.29, 1.82) is 0 Å². The van der Waals surface area contributed by atoms with E-state index in [0.717, 1.165) is 32.9 Å². The minimum atomic E-state index is -0.659. The quantitative estimate of drug-likeness (QED) is 0.339. The number of thioether (sulfide) groups is 1. The minimum Gasteiger partial charge on any atom is -0.493 e. The van der Waals surface area contributed by atoms with E-state index in [1.807, 2.05) is 67.6 Å². The van der Waals surface area contributed by atoms with Crippen molar-refractivity contribution in [1.82, 2.24) is 4.98 Å². The molecule has 1 fully saturated rings. The molecule has 0 radical (unpaired) electrons. The summed E-state index contributed by atoms with van der Waals surface area (Å²) in [6.45, 7) is 2.33. The number of nitrogens with one attached hydrogen (secondary N) is 1. The molecule has 2 aliphatic heterocycles. The number of thiazole rings is 1. The minimum absolute atomic E-state index is 0.211. The van der Waals surface area contributed by atoms with Crippen LogP contribution in [0.4, 0.5) is 5.69 Å². The van der Waals surface area contributed by atoms with Crippen molar-refractivity contribution in [3.05, 3.63) is 104 Å². The molecule has 1 saturated heterocycles. The summed E-state index contributed by atoms with van der Waals surface area (Å²) in [6.07, 6.45) is 0. The second kappa shape index (κ2) is 9.81. The van der Waals surface area contributed by atoms with E-state index in [1.165, 1.54) is 16.7 Å². The summed E-state index contributed by atoms with van der Waals surface area (Å²) in [6, 6.07) is 22.7. The Morgan fingerprint density at radius 3 is 2.42 bits per heavy atom. The molecule has 1 N–H and O–H groups in total. The number of carbonyl (C=O) groups is 2. The van der Waals surface area contributed by atoms with Crippen molar-refractivity contribution in [3.8, 4) is 11.5 Å². The Morgan fingerprint density at radius 1 is 0.921 bits per heavy atom. The molecule has 38 heavy (non-hydrogen) atoms. The average Bonchev–Trinajstić information content (AvgIpc) is 3.42. The van der Waals surface area contributed by atoms with Gasteiger partial charge in [0.2, 0.25) is 11.8 Å². The van der Waals surface area contributed by atoms with Gasteiger partial charge < -0.3 is 14.5 Å². The van der Waals surface area contributed by atoms with Gasteiger partial charge in [0, 0.05) is 10.8 Å². The van der Waals surface area contributed by atoms with Gasteiger partial charge in [0.25, 0.3) is 0 Å². The maximum absolute atomic E-state index is 13.9. The number of amides is 2. The van der Waals surface area contributed by atoms with E-state index in [1.54, 1.807) is 19.2 Å². The van der Waals surface area contributed by atoms with Gasteiger partial charge in [-0.05, 0) is 42.3 Å². The van der Waals surface area contributed by atoms with Crippen molar-refractivity contribution in [3.63, 3.8) is 0 Å². The molecule has 0 bridgehead atoms. The number of rotatable bonds is 6. The van der Waals surface area contributed by atoms with Crippen LogP contribution in [0.15, 0.2) is 82.6 Å². The van der Waals surface area contributed by atoms with Crippen LogP contribution in [0, 0.1) is 12.8 Å². The summed E-state index contributed by atoms with van der Waals surface area (Å²) >= 11 is 2.35. The highest BCUT2D eigenvalue weighted by Crippen LogP contribution is 2.53. The molecule has 192 valence electrons. The van der Waals surface area contributed by atoms with E-state index < -0.39 is 17.1 Å². The molecule has 2 aliphatic rings. The Bertz CT molecular complexity index is 1580. The Kier molecular flexibility index (Phi) is 6.33. The summed E-state index contributed by atoms with van der Waals surface area (Å²) in [4.78, 5) is 44.5. The van der Waals surface area contributed by atoms with E-state index >= 15 is 0 Å². The van der Waals surface area contributed by atoms with Gasteiger partial charge in [-0.3, -0.25) is 14.4 Å². The zero-order valence-electron chi connectivity index (χ0n) is 20.7. The molecule has 0 spiro atoms. The van der Waals surface area contributed by atoms with E-state index in [-0.39, 0.29) is 16.7 Å². The number of ether oxygens (including phenoxy) is 2. The Labute approximate surface area is 227 Å². The third kappa shape index (κ3) is 4.21. The molecular weight excluding hydrogens is 520 g/mol. The summed E-state index contributed by atoms with van der Waals surface area (Å²) in [5, 5.41) is -0.00641. The van der Waals surface area contributed by atoms with Crippen LogP contribution in [-0.2, 0) is 16.2 Å². The SMILES string of the molecule is COc1cc(C2c3sc(=O)[nH]c3SC3C(=O)N(c4ccc(C)cc4)C(=O)C32)ccc1OCc1ccccc1. The summed E-state index contributed by atoms with van der Waals surface area (Å²) in [7, 11) is 1.57. The van der Waals surface area contributed by atoms with Crippen molar-refractivity contribution >= 4 is 40.6 Å². The number of hydrogen-bond acceptors (Lipinski definition) is 7. The predicted molar refractivity (Wildman–Crippen MR) is 147 cm³/mol. The fourth-order valence-electron chi connectivity index (χ4n) is 5.06. The van der Waals surface area contributed by atoms with Gasteiger partial charge in [0.15, 0.2) is 11.5 Å². The number of anilines is 1. The Hall–Kier alpha value is -3.82. The number of imide groups is 1. The number of benzene rings is 3. The second-order valence-corrected chi connectivity index (χ2v) is 11.4. The predicted octanol–water partition coefficient (Wildman–Crippen LogP) is 5.13. The third-order valence-electron chi connectivity index (χ3n) is 6.90. The Balaban J connectivity index is 1.38. The highest BCUT2D eigenvalue weighted by Gasteiger charge is 2.56. The van der Waals surface area contributed by atoms with E-state index in [9.17, 15) is 14.4 Å². The smallest absolute Gasteiger partial charge is 0.305 e. The van der Waals surface area contributed by atoms with Crippen LogP contribution in [-0.4, -0.2) is 29.2 Å². The van der Waals surface area contributed by atoms with Crippen LogP contribution in [0.5, 0.6) is 11.5 Å². The first kappa shape index (κ1) is 24.5. The molecule has 3 atom stereocenters. The number of hydrogen-bond donors (Lipinski definition) is 1. The van der Waals surface area contributed by atoms with Crippen LogP contribution in [0.3, 0.4) is 0 Å². The number of carbonyl (C=O) groups excluding carboxylic acids is 2. The molecule has 4 aromatic rings. The van der Waals surface area contributed by atoms with Crippen LogP contribution >= 0.6 is 23.1 Å². The first-order valence-electron chi connectivity index (χ1n) is 12.1. The molecule has 1 aromatic heterocycles. The van der Waals surface area contributed by atoms with Gasteiger partial charge in [-0.1, -0.05) is 77.2 Å². The molecule has 9 heteroatoms. The molecule has 7 nitrogen and oxygen atoms in total. The molecule has 3 aromatic carbocycles. The molecule has 2 amide bonds. The van der Waals surface area contributed by atoms with Gasteiger partial charge in [-0.25, -0.2) is 4.90 Å². The van der Waals surface area contributed by atoms with Crippen LogP contribution in [0.1, 0.15) is 27.5 Å². The molecular formula is C29H24N2O5S2. The average molecular weight is 545 g/mol. The number of fused-ring (bicyclic) bond motifs is 2. The first-order chi connectivity index (χ1) is 18.4. The fourth-order valence-corrected chi connectivity index (χ4v) is 7.57. The monoisotopic (exact) mass is 544 g/mol. The highest BCUT2D eigenvalue weighted by atomic mass is 32.2. The molecule has 3 heterocycles. The lowest BCUT2D eigenvalue weighted by Crippen LogP contribution is -2.32. The molecule has 0 saturated carbocycles. The van der Waals surface area contributed by atoms with Gasteiger partial charge >= 0.3 is 4.87 Å². The first-order valence-corrected chi connectivity index (χ1v) is 13.8. The van der Waals surface area contributed by atoms with Crippen LogP contribution in [0.2, 0.25) is 0 Å². The number of methoxy groups -OCH3 is 1. The zero-order valence-corrected chi connectivity index (χ0v) is 22.3. The second-order valence-electron chi connectivity index (χ2n) is 9.28. The number of aromatic amines is 1. The zero-order chi connectivity index (χ0) is 26.4. The summed E-state index contributed by atoms with van der Waals surface area (Å²) < 4.78 is 11.7. The van der Waals surface area contributed by atoms with E-state index in [0.29, 0.717) is 28.8 Å². The van der Waals surface area contributed by atoms with Gasteiger partial charge in [0.1, 0.15) is 11.9 Å². The number of aromatic nitrogens is 1. The normalized spacial score (nSPS) is 20.3.